The summed E-state index contributed by atoms with van der Waals surface area (Å²) in [6, 6.07) is 0.765. The molecule has 2 heterocycles. The van der Waals surface area contributed by atoms with Crippen LogP contribution in [-0.2, 0) is 0 Å². The van der Waals surface area contributed by atoms with E-state index in [2.05, 4.69) is 48.4 Å². The molecule has 0 saturated carbocycles. The number of rotatable bonds is 2. The second-order valence-electron chi connectivity index (χ2n) is 3.68. The van der Waals surface area contributed by atoms with Gasteiger partial charge < -0.3 is 5.32 Å². The maximum absolute atomic E-state index is 4.58. The summed E-state index contributed by atoms with van der Waals surface area (Å²) in [5, 5.41) is 3.62. The zero-order chi connectivity index (χ0) is 9.26. The van der Waals surface area contributed by atoms with Crippen LogP contribution in [-0.4, -0.2) is 27.5 Å². The van der Waals surface area contributed by atoms with E-state index in [1.165, 1.54) is 18.6 Å². The smallest absolute Gasteiger partial charge is 0.0557 e. The minimum absolute atomic E-state index is 0.585. The maximum Gasteiger partial charge on any atom is 0.0557 e. The predicted molar refractivity (Wildman–Crippen MR) is 66.8 cm³/mol. The Bertz CT molecular complexity index is 174. The van der Waals surface area contributed by atoms with E-state index >= 15 is 0 Å². The molecule has 0 radical (unpaired) electrons. The predicted octanol–water partition coefficient (Wildman–Crippen LogP) is 2.44. The van der Waals surface area contributed by atoms with Crippen molar-refractivity contribution in [1.29, 1.82) is 0 Å². The summed E-state index contributed by atoms with van der Waals surface area (Å²) in [6.07, 6.45) is 2.64. The van der Waals surface area contributed by atoms with Crippen LogP contribution in [0.1, 0.15) is 19.8 Å². The lowest BCUT2D eigenvalue weighted by atomic mass is 9.96. The molecule has 0 aromatic rings. The molecular weight excluding hydrogens is 218 g/mol. The van der Waals surface area contributed by atoms with E-state index in [4.69, 9.17) is 0 Å². The second kappa shape index (κ2) is 4.69. The SMILES string of the molecule is CCN[C@H]1CCSC2SC(S)CC21. The first kappa shape index (κ1) is 10.5. The van der Waals surface area contributed by atoms with Gasteiger partial charge in [-0.05, 0) is 31.1 Å². The molecule has 0 bridgehead atoms. The van der Waals surface area contributed by atoms with E-state index in [0.29, 0.717) is 4.58 Å². The lowest BCUT2D eigenvalue weighted by Crippen LogP contribution is -2.41. The van der Waals surface area contributed by atoms with Crippen molar-refractivity contribution in [1.82, 2.24) is 5.32 Å². The normalized spacial score (nSPS) is 44.8. The quantitative estimate of drug-likeness (QED) is 0.714. The molecule has 0 amide bonds. The van der Waals surface area contributed by atoms with E-state index in [9.17, 15) is 0 Å². The summed E-state index contributed by atoms with van der Waals surface area (Å²) >= 11 is 8.78. The Morgan fingerprint density at radius 3 is 3.15 bits per heavy atom. The van der Waals surface area contributed by atoms with Gasteiger partial charge in [-0.15, -0.1) is 23.5 Å². The van der Waals surface area contributed by atoms with Crippen molar-refractivity contribution in [2.45, 2.75) is 35.0 Å². The first-order valence-corrected chi connectivity index (χ1v) is 7.50. The fraction of sp³-hybridized carbons (Fsp3) is 1.00. The number of hydrogen-bond donors (Lipinski definition) is 2. The first-order chi connectivity index (χ1) is 6.31. The van der Waals surface area contributed by atoms with E-state index in [0.717, 1.165) is 23.1 Å². The van der Waals surface area contributed by atoms with Crippen LogP contribution in [0, 0.1) is 5.92 Å². The zero-order valence-corrected chi connectivity index (χ0v) is 10.4. The van der Waals surface area contributed by atoms with Crippen molar-refractivity contribution in [2.75, 3.05) is 12.3 Å². The molecule has 2 saturated heterocycles. The van der Waals surface area contributed by atoms with Gasteiger partial charge in [0.2, 0.25) is 0 Å². The van der Waals surface area contributed by atoms with Crippen LogP contribution in [0.3, 0.4) is 0 Å². The van der Waals surface area contributed by atoms with Gasteiger partial charge in [-0.2, -0.15) is 12.6 Å². The molecule has 0 aromatic carbocycles. The lowest BCUT2D eigenvalue weighted by Gasteiger charge is -2.33. The third-order valence-electron chi connectivity index (χ3n) is 2.81. The van der Waals surface area contributed by atoms with Crippen LogP contribution in [0.25, 0.3) is 0 Å². The molecule has 2 rings (SSSR count). The van der Waals surface area contributed by atoms with Gasteiger partial charge in [0.1, 0.15) is 0 Å². The van der Waals surface area contributed by atoms with Crippen LogP contribution in [0.2, 0.25) is 0 Å². The molecule has 0 aromatic heterocycles. The van der Waals surface area contributed by atoms with Crippen molar-refractivity contribution < 1.29 is 0 Å². The summed E-state index contributed by atoms with van der Waals surface area (Å²) in [6.45, 7) is 3.32. The number of thioether (sulfide) groups is 2. The van der Waals surface area contributed by atoms with Crippen LogP contribution in [0.4, 0.5) is 0 Å². The van der Waals surface area contributed by atoms with E-state index in [-0.39, 0.29) is 0 Å². The standard InChI is InChI=1S/C9H17NS3/c1-2-10-7-3-4-12-9-6(7)5-8(11)13-9/h6-11H,2-5H2,1H3/t6?,7-,8?,9?/m0/s1. The third-order valence-corrected chi connectivity index (χ3v) is 6.40. The highest BCUT2D eigenvalue weighted by molar-refractivity contribution is 8.21. The molecule has 4 heteroatoms. The van der Waals surface area contributed by atoms with Gasteiger partial charge >= 0.3 is 0 Å². The molecule has 2 aliphatic rings. The molecule has 2 aliphatic heterocycles. The van der Waals surface area contributed by atoms with Gasteiger partial charge in [0, 0.05) is 10.6 Å². The highest BCUT2D eigenvalue weighted by atomic mass is 32.2. The zero-order valence-electron chi connectivity index (χ0n) is 7.90. The highest BCUT2D eigenvalue weighted by Gasteiger charge is 2.40. The van der Waals surface area contributed by atoms with Crippen LogP contribution in [0.15, 0.2) is 0 Å². The minimum Gasteiger partial charge on any atom is -0.314 e. The van der Waals surface area contributed by atoms with Gasteiger partial charge in [0.05, 0.1) is 4.58 Å². The van der Waals surface area contributed by atoms with Gasteiger partial charge in [0.25, 0.3) is 0 Å². The van der Waals surface area contributed by atoms with Gasteiger partial charge in [0.15, 0.2) is 0 Å². The van der Waals surface area contributed by atoms with Crippen molar-refractivity contribution >= 4 is 36.2 Å². The van der Waals surface area contributed by atoms with Gasteiger partial charge in [-0.25, -0.2) is 0 Å². The number of fused-ring (bicyclic) bond motifs is 1. The molecular formula is C9H17NS3. The monoisotopic (exact) mass is 235 g/mol. The first-order valence-electron chi connectivity index (χ1n) is 4.99. The Hall–Kier alpha value is 1.01. The summed E-state index contributed by atoms with van der Waals surface area (Å²) in [5.74, 6) is 2.19. The van der Waals surface area contributed by atoms with Crippen molar-refractivity contribution in [2.24, 2.45) is 5.92 Å². The maximum atomic E-state index is 4.58. The van der Waals surface area contributed by atoms with Crippen molar-refractivity contribution in [3.8, 4) is 0 Å². The highest BCUT2D eigenvalue weighted by Crippen LogP contribution is 2.50. The lowest BCUT2D eigenvalue weighted by molar-refractivity contribution is 0.362. The molecule has 2 fully saturated rings. The van der Waals surface area contributed by atoms with Crippen LogP contribution < -0.4 is 5.32 Å². The van der Waals surface area contributed by atoms with Crippen LogP contribution >= 0.6 is 36.2 Å². The Kier molecular flexibility index (Phi) is 3.79. The largest absolute Gasteiger partial charge is 0.314 e. The second-order valence-corrected chi connectivity index (χ2v) is 7.55. The molecule has 0 aliphatic carbocycles. The van der Waals surface area contributed by atoms with E-state index < -0.39 is 0 Å². The minimum atomic E-state index is 0.585. The molecule has 76 valence electrons. The summed E-state index contributed by atoms with van der Waals surface area (Å²) in [7, 11) is 0. The molecule has 4 atom stereocenters. The number of thiol groups is 1. The average molecular weight is 235 g/mol. The average Bonchev–Trinajstić information content (AvgIpc) is 2.47. The number of hydrogen-bond acceptors (Lipinski definition) is 4. The topological polar surface area (TPSA) is 12.0 Å². The van der Waals surface area contributed by atoms with Crippen molar-refractivity contribution in [3.63, 3.8) is 0 Å². The van der Waals surface area contributed by atoms with Gasteiger partial charge in [-0.3, -0.25) is 0 Å². The fourth-order valence-electron chi connectivity index (χ4n) is 2.21. The Morgan fingerprint density at radius 2 is 2.38 bits per heavy atom. The molecule has 1 nitrogen and oxygen atoms in total. The molecule has 0 spiro atoms. The number of nitrogens with one attached hydrogen (secondary N) is 1. The summed E-state index contributed by atoms with van der Waals surface area (Å²) in [4.78, 5) is 0. The van der Waals surface area contributed by atoms with Crippen molar-refractivity contribution in [3.05, 3.63) is 0 Å². The molecule has 3 unspecified atom stereocenters. The molecule has 13 heavy (non-hydrogen) atoms. The molecule has 1 N–H and O–H groups in total. The Balaban J connectivity index is 1.97. The van der Waals surface area contributed by atoms with Crippen LogP contribution in [0.5, 0.6) is 0 Å². The summed E-state index contributed by atoms with van der Waals surface area (Å²) < 4.78 is 1.40. The van der Waals surface area contributed by atoms with E-state index in [1.807, 2.05) is 0 Å². The Morgan fingerprint density at radius 1 is 1.54 bits per heavy atom. The van der Waals surface area contributed by atoms with E-state index in [1.54, 1.807) is 0 Å². The fourth-order valence-corrected chi connectivity index (χ4v) is 6.42. The third kappa shape index (κ3) is 2.33. The van der Waals surface area contributed by atoms with Gasteiger partial charge in [-0.1, -0.05) is 6.92 Å². The summed E-state index contributed by atoms with van der Waals surface area (Å²) in [5.41, 5.74) is 0. The Labute approximate surface area is 94.6 Å².